The Morgan fingerprint density at radius 1 is 1.54 bits per heavy atom. The molecule has 0 saturated carbocycles. The third-order valence-corrected chi connectivity index (χ3v) is 2.14. The molecule has 0 atom stereocenters. The minimum absolute atomic E-state index is 0.236. The summed E-state index contributed by atoms with van der Waals surface area (Å²) in [6, 6.07) is 3.66. The van der Waals surface area contributed by atoms with Crippen molar-refractivity contribution < 1.29 is 9.90 Å². The van der Waals surface area contributed by atoms with Crippen molar-refractivity contribution in [1.29, 1.82) is 0 Å². The van der Waals surface area contributed by atoms with Crippen LogP contribution in [0, 0.1) is 6.92 Å². The smallest absolute Gasteiger partial charge is 0.338 e. The largest absolute Gasteiger partial charge is 0.478 e. The summed E-state index contributed by atoms with van der Waals surface area (Å²) in [5.74, 6) is -0.953. The molecule has 3 N–H and O–H groups in total. The van der Waals surface area contributed by atoms with Crippen LogP contribution in [0.5, 0.6) is 0 Å². The van der Waals surface area contributed by atoms with Crippen LogP contribution in [0.2, 0.25) is 0 Å². The highest BCUT2D eigenvalue weighted by atomic mass is 16.4. The SMILES string of the molecule is CCc1ccc(C)c(C(=O)O)c1N. The molecule has 0 amide bonds. The van der Waals surface area contributed by atoms with Crippen LogP contribution in [-0.2, 0) is 6.42 Å². The van der Waals surface area contributed by atoms with E-state index in [9.17, 15) is 4.79 Å². The molecule has 0 aliphatic rings. The van der Waals surface area contributed by atoms with Crippen LogP contribution in [0.3, 0.4) is 0 Å². The highest BCUT2D eigenvalue weighted by molar-refractivity contribution is 5.96. The molecule has 0 aromatic heterocycles. The van der Waals surface area contributed by atoms with Crippen LogP contribution in [0.15, 0.2) is 12.1 Å². The van der Waals surface area contributed by atoms with Crippen molar-refractivity contribution in [2.75, 3.05) is 5.73 Å². The molecular weight excluding hydrogens is 166 g/mol. The van der Waals surface area contributed by atoms with Crippen molar-refractivity contribution >= 4 is 11.7 Å². The topological polar surface area (TPSA) is 63.3 Å². The molecule has 3 heteroatoms. The van der Waals surface area contributed by atoms with Crippen molar-refractivity contribution in [3.05, 3.63) is 28.8 Å². The zero-order chi connectivity index (χ0) is 10.0. The molecular formula is C10H13NO2. The summed E-state index contributed by atoms with van der Waals surface area (Å²) >= 11 is 0. The Morgan fingerprint density at radius 2 is 2.15 bits per heavy atom. The van der Waals surface area contributed by atoms with E-state index in [1.165, 1.54) is 0 Å². The molecule has 0 unspecified atom stereocenters. The van der Waals surface area contributed by atoms with Crippen LogP contribution in [0.4, 0.5) is 5.69 Å². The first-order chi connectivity index (χ1) is 6.07. The Labute approximate surface area is 77.2 Å². The average molecular weight is 179 g/mol. The van der Waals surface area contributed by atoms with Gasteiger partial charge in [-0.1, -0.05) is 19.1 Å². The second-order valence-electron chi connectivity index (χ2n) is 2.99. The molecule has 1 aromatic rings. The number of aromatic carboxylic acids is 1. The van der Waals surface area contributed by atoms with Gasteiger partial charge in [0.15, 0.2) is 0 Å². The second kappa shape index (κ2) is 3.47. The molecule has 0 bridgehead atoms. The number of benzene rings is 1. The minimum Gasteiger partial charge on any atom is -0.478 e. The molecule has 13 heavy (non-hydrogen) atoms. The Kier molecular flexibility index (Phi) is 2.56. The van der Waals surface area contributed by atoms with Gasteiger partial charge in [-0.05, 0) is 24.5 Å². The molecule has 1 aromatic carbocycles. The van der Waals surface area contributed by atoms with Crippen molar-refractivity contribution in [2.24, 2.45) is 0 Å². The number of anilines is 1. The Balaban J connectivity index is 3.38. The number of nitrogens with two attached hydrogens (primary N) is 1. The molecule has 0 fully saturated rings. The molecule has 0 spiro atoms. The van der Waals surface area contributed by atoms with Gasteiger partial charge in [0.05, 0.1) is 5.56 Å². The molecule has 3 nitrogen and oxygen atoms in total. The lowest BCUT2D eigenvalue weighted by molar-refractivity contribution is 0.0697. The summed E-state index contributed by atoms with van der Waals surface area (Å²) < 4.78 is 0. The van der Waals surface area contributed by atoms with Gasteiger partial charge in [0.1, 0.15) is 0 Å². The summed E-state index contributed by atoms with van der Waals surface area (Å²) in [6.45, 7) is 3.70. The maximum Gasteiger partial charge on any atom is 0.338 e. The van der Waals surface area contributed by atoms with E-state index in [0.29, 0.717) is 11.3 Å². The first-order valence-electron chi connectivity index (χ1n) is 4.19. The fraction of sp³-hybridized carbons (Fsp3) is 0.300. The van der Waals surface area contributed by atoms with E-state index in [2.05, 4.69) is 0 Å². The van der Waals surface area contributed by atoms with Crippen LogP contribution >= 0.6 is 0 Å². The predicted molar refractivity (Wildman–Crippen MR) is 51.9 cm³/mol. The lowest BCUT2D eigenvalue weighted by Crippen LogP contribution is -2.07. The van der Waals surface area contributed by atoms with Gasteiger partial charge in [-0.3, -0.25) is 0 Å². The van der Waals surface area contributed by atoms with Crippen LogP contribution in [-0.4, -0.2) is 11.1 Å². The summed E-state index contributed by atoms with van der Waals surface area (Å²) in [4.78, 5) is 10.8. The zero-order valence-electron chi connectivity index (χ0n) is 7.79. The normalized spacial score (nSPS) is 10.0. The summed E-state index contributed by atoms with van der Waals surface area (Å²) in [7, 11) is 0. The lowest BCUT2D eigenvalue weighted by Gasteiger charge is -2.08. The Morgan fingerprint density at radius 3 is 2.62 bits per heavy atom. The third-order valence-electron chi connectivity index (χ3n) is 2.14. The quantitative estimate of drug-likeness (QED) is 0.681. The standard InChI is InChI=1S/C10H13NO2/c1-3-7-5-4-6(2)8(9(7)11)10(12)13/h4-5H,3,11H2,1-2H3,(H,12,13). The van der Waals surface area contributed by atoms with Gasteiger partial charge in [-0.15, -0.1) is 0 Å². The maximum absolute atomic E-state index is 10.8. The highest BCUT2D eigenvalue weighted by Crippen LogP contribution is 2.21. The molecule has 0 radical (unpaired) electrons. The van der Waals surface area contributed by atoms with E-state index < -0.39 is 5.97 Å². The predicted octanol–water partition coefficient (Wildman–Crippen LogP) is 1.84. The van der Waals surface area contributed by atoms with Gasteiger partial charge in [0, 0.05) is 5.69 Å². The van der Waals surface area contributed by atoms with E-state index in [1.807, 2.05) is 13.0 Å². The first kappa shape index (κ1) is 9.58. The van der Waals surface area contributed by atoms with Gasteiger partial charge < -0.3 is 10.8 Å². The number of nitrogen functional groups attached to an aromatic ring is 1. The van der Waals surface area contributed by atoms with Gasteiger partial charge in [-0.2, -0.15) is 0 Å². The van der Waals surface area contributed by atoms with Crippen LogP contribution in [0.25, 0.3) is 0 Å². The molecule has 0 saturated heterocycles. The minimum atomic E-state index is -0.953. The van der Waals surface area contributed by atoms with Crippen molar-refractivity contribution in [3.8, 4) is 0 Å². The summed E-state index contributed by atoms with van der Waals surface area (Å²) in [5.41, 5.74) is 7.95. The first-order valence-corrected chi connectivity index (χ1v) is 4.19. The van der Waals surface area contributed by atoms with Gasteiger partial charge >= 0.3 is 5.97 Å². The maximum atomic E-state index is 10.8. The van der Waals surface area contributed by atoms with E-state index >= 15 is 0 Å². The van der Waals surface area contributed by atoms with Gasteiger partial charge in [0.2, 0.25) is 0 Å². The Bertz CT molecular complexity index is 345. The van der Waals surface area contributed by atoms with Crippen molar-refractivity contribution in [1.82, 2.24) is 0 Å². The average Bonchev–Trinajstić information content (AvgIpc) is 2.04. The van der Waals surface area contributed by atoms with Gasteiger partial charge in [0.25, 0.3) is 0 Å². The van der Waals surface area contributed by atoms with Gasteiger partial charge in [-0.25, -0.2) is 4.79 Å². The number of hydrogen-bond acceptors (Lipinski definition) is 2. The summed E-state index contributed by atoms with van der Waals surface area (Å²) in [5, 5.41) is 8.89. The molecule has 0 aliphatic carbocycles. The Hall–Kier alpha value is -1.51. The zero-order valence-corrected chi connectivity index (χ0v) is 7.79. The monoisotopic (exact) mass is 179 g/mol. The van der Waals surface area contributed by atoms with E-state index in [4.69, 9.17) is 10.8 Å². The fourth-order valence-electron chi connectivity index (χ4n) is 1.36. The number of aryl methyl sites for hydroxylation is 2. The number of hydrogen-bond donors (Lipinski definition) is 2. The number of carboxylic acids is 1. The van der Waals surface area contributed by atoms with Crippen molar-refractivity contribution in [2.45, 2.75) is 20.3 Å². The lowest BCUT2D eigenvalue weighted by atomic mass is 10.0. The number of carboxylic acid groups (broad SMARTS) is 1. The highest BCUT2D eigenvalue weighted by Gasteiger charge is 2.13. The molecule has 70 valence electrons. The van der Waals surface area contributed by atoms with Crippen molar-refractivity contribution in [3.63, 3.8) is 0 Å². The third kappa shape index (κ3) is 1.64. The number of rotatable bonds is 2. The molecule has 0 heterocycles. The summed E-state index contributed by atoms with van der Waals surface area (Å²) in [6.07, 6.45) is 0.756. The van der Waals surface area contributed by atoms with E-state index in [-0.39, 0.29) is 5.56 Å². The van der Waals surface area contributed by atoms with Crippen LogP contribution < -0.4 is 5.73 Å². The number of carbonyl (C=O) groups is 1. The molecule has 1 rings (SSSR count). The van der Waals surface area contributed by atoms with Crippen LogP contribution in [0.1, 0.15) is 28.4 Å². The second-order valence-corrected chi connectivity index (χ2v) is 2.99. The fourth-order valence-corrected chi connectivity index (χ4v) is 1.36. The van der Waals surface area contributed by atoms with E-state index in [0.717, 1.165) is 12.0 Å². The van der Waals surface area contributed by atoms with E-state index in [1.54, 1.807) is 13.0 Å². The molecule has 0 aliphatic heterocycles.